The number of amides is 1. The van der Waals surface area contributed by atoms with Crippen LogP contribution in [-0.4, -0.2) is 29.4 Å². The molecule has 1 aromatic rings. The SMILES string of the molecule is CCN(C(=O)C1Cc2ccccc2CN1)C1CC1. The van der Waals surface area contributed by atoms with Gasteiger partial charge in [-0.2, -0.15) is 0 Å². The minimum absolute atomic E-state index is 0.0274. The molecule has 0 saturated heterocycles. The van der Waals surface area contributed by atoms with Gasteiger partial charge in [-0.05, 0) is 37.3 Å². The van der Waals surface area contributed by atoms with Crippen LogP contribution in [0.5, 0.6) is 0 Å². The molecule has 1 aromatic carbocycles. The van der Waals surface area contributed by atoms with Gasteiger partial charge in [0.2, 0.25) is 5.91 Å². The highest BCUT2D eigenvalue weighted by Crippen LogP contribution is 2.28. The molecule has 2 aliphatic rings. The van der Waals surface area contributed by atoms with Crippen molar-refractivity contribution in [3.05, 3.63) is 35.4 Å². The predicted octanol–water partition coefficient (Wildman–Crippen LogP) is 1.71. The molecule has 0 spiro atoms. The van der Waals surface area contributed by atoms with Gasteiger partial charge in [-0.3, -0.25) is 4.79 Å². The van der Waals surface area contributed by atoms with E-state index in [4.69, 9.17) is 0 Å². The van der Waals surface area contributed by atoms with Gasteiger partial charge in [-0.15, -0.1) is 0 Å². The van der Waals surface area contributed by atoms with Crippen molar-refractivity contribution >= 4 is 5.91 Å². The van der Waals surface area contributed by atoms with Crippen LogP contribution < -0.4 is 5.32 Å². The van der Waals surface area contributed by atoms with Crippen LogP contribution >= 0.6 is 0 Å². The van der Waals surface area contributed by atoms with E-state index in [0.29, 0.717) is 6.04 Å². The number of nitrogens with zero attached hydrogens (tertiary/aromatic N) is 1. The summed E-state index contributed by atoms with van der Waals surface area (Å²) in [5.41, 5.74) is 2.65. The molecule has 3 heteroatoms. The van der Waals surface area contributed by atoms with Gasteiger partial charge in [-0.1, -0.05) is 24.3 Å². The number of rotatable bonds is 3. The van der Waals surface area contributed by atoms with Gasteiger partial charge in [0.05, 0.1) is 6.04 Å². The first-order valence-electron chi connectivity index (χ1n) is 6.90. The zero-order valence-corrected chi connectivity index (χ0v) is 10.9. The maximum atomic E-state index is 12.5. The van der Waals surface area contributed by atoms with Crippen LogP contribution in [0, 0.1) is 0 Å². The highest BCUT2D eigenvalue weighted by molar-refractivity contribution is 5.83. The van der Waals surface area contributed by atoms with Gasteiger partial charge in [-0.25, -0.2) is 0 Å². The zero-order valence-electron chi connectivity index (χ0n) is 10.9. The van der Waals surface area contributed by atoms with Crippen LogP contribution in [0.15, 0.2) is 24.3 Å². The first-order valence-corrected chi connectivity index (χ1v) is 6.90. The first kappa shape index (κ1) is 11.7. The number of carbonyl (C=O) groups is 1. The summed E-state index contributed by atoms with van der Waals surface area (Å²) in [5.74, 6) is 0.287. The summed E-state index contributed by atoms with van der Waals surface area (Å²) >= 11 is 0. The van der Waals surface area contributed by atoms with E-state index in [9.17, 15) is 4.79 Å². The second kappa shape index (κ2) is 4.73. The number of benzene rings is 1. The molecule has 18 heavy (non-hydrogen) atoms. The van der Waals surface area contributed by atoms with Crippen molar-refractivity contribution in [1.29, 1.82) is 0 Å². The minimum atomic E-state index is -0.0274. The zero-order chi connectivity index (χ0) is 12.5. The van der Waals surface area contributed by atoms with E-state index in [1.54, 1.807) is 0 Å². The van der Waals surface area contributed by atoms with Crippen LogP contribution in [0.1, 0.15) is 30.9 Å². The van der Waals surface area contributed by atoms with Crippen molar-refractivity contribution in [2.24, 2.45) is 0 Å². The third-order valence-corrected chi connectivity index (χ3v) is 3.99. The van der Waals surface area contributed by atoms with Crippen LogP contribution in [0.25, 0.3) is 0 Å². The molecule has 1 N–H and O–H groups in total. The highest BCUT2D eigenvalue weighted by Gasteiger charge is 2.35. The molecule has 1 saturated carbocycles. The predicted molar refractivity (Wildman–Crippen MR) is 71.2 cm³/mol. The van der Waals surface area contributed by atoms with Crippen molar-refractivity contribution in [3.63, 3.8) is 0 Å². The fourth-order valence-electron chi connectivity index (χ4n) is 2.81. The average Bonchev–Trinajstić information content (AvgIpc) is 3.23. The van der Waals surface area contributed by atoms with Gasteiger partial charge in [0.15, 0.2) is 0 Å². The van der Waals surface area contributed by atoms with Crippen molar-refractivity contribution in [2.45, 2.75) is 44.8 Å². The maximum Gasteiger partial charge on any atom is 0.240 e. The van der Waals surface area contributed by atoms with Crippen LogP contribution in [0.2, 0.25) is 0 Å². The van der Waals surface area contributed by atoms with E-state index in [2.05, 4.69) is 36.5 Å². The third-order valence-electron chi connectivity index (χ3n) is 3.99. The van der Waals surface area contributed by atoms with Gasteiger partial charge in [0, 0.05) is 19.1 Å². The molecule has 3 nitrogen and oxygen atoms in total. The Bertz CT molecular complexity index is 454. The fourth-order valence-corrected chi connectivity index (χ4v) is 2.81. The lowest BCUT2D eigenvalue weighted by Crippen LogP contribution is -2.50. The summed E-state index contributed by atoms with van der Waals surface area (Å²) in [6, 6.07) is 8.89. The van der Waals surface area contributed by atoms with Crippen LogP contribution in [0.4, 0.5) is 0 Å². The number of carbonyl (C=O) groups excluding carboxylic acids is 1. The highest BCUT2D eigenvalue weighted by atomic mass is 16.2. The van der Waals surface area contributed by atoms with Crippen molar-refractivity contribution in [2.75, 3.05) is 6.54 Å². The van der Waals surface area contributed by atoms with Crippen molar-refractivity contribution < 1.29 is 4.79 Å². The summed E-state index contributed by atoms with van der Waals surface area (Å²) in [6.07, 6.45) is 3.20. The molecule has 0 radical (unpaired) electrons. The topological polar surface area (TPSA) is 32.3 Å². The van der Waals surface area contributed by atoms with Gasteiger partial charge < -0.3 is 10.2 Å². The van der Waals surface area contributed by atoms with Crippen LogP contribution in [0.3, 0.4) is 0 Å². The summed E-state index contributed by atoms with van der Waals surface area (Å²) in [6.45, 7) is 3.73. The molecule has 1 aliphatic heterocycles. The minimum Gasteiger partial charge on any atom is -0.339 e. The Morgan fingerprint density at radius 1 is 1.33 bits per heavy atom. The number of hydrogen-bond acceptors (Lipinski definition) is 2. The van der Waals surface area contributed by atoms with E-state index in [1.807, 2.05) is 4.90 Å². The van der Waals surface area contributed by atoms with E-state index in [1.165, 1.54) is 24.0 Å². The molecular weight excluding hydrogens is 224 g/mol. The van der Waals surface area contributed by atoms with E-state index >= 15 is 0 Å². The Morgan fingerprint density at radius 2 is 2.06 bits per heavy atom. The standard InChI is InChI=1S/C15H20N2O/c1-2-17(13-7-8-13)15(18)14-9-11-5-3-4-6-12(11)10-16-14/h3-6,13-14,16H,2,7-10H2,1H3. The summed E-state index contributed by atoms with van der Waals surface area (Å²) in [4.78, 5) is 14.5. The molecule has 1 amide bonds. The van der Waals surface area contributed by atoms with Crippen molar-refractivity contribution in [3.8, 4) is 0 Å². The molecule has 1 fully saturated rings. The molecule has 1 heterocycles. The largest absolute Gasteiger partial charge is 0.339 e. The Labute approximate surface area is 108 Å². The van der Waals surface area contributed by atoms with Gasteiger partial charge in [0.1, 0.15) is 0 Å². The monoisotopic (exact) mass is 244 g/mol. The number of hydrogen-bond donors (Lipinski definition) is 1. The number of likely N-dealkylation sites (N-methyl/N-ethyl adjacent to an activating group) is 1. The summed E-state index contributed by atoms with van der Waals surface area (Å²) in [7, 11) is 0. The normalized spacial score (nSPS) is 22.4. The Hall–Kier alpha value is -1.35. The van der Waals surface area contributed by atoms with Crippen LogP contribution in [-0.2, 0) is 17.8 Å². The first-order chi connectivity index (χ1) is 8.79. The van der Waals surface area contributed by atoms with E-state index < -0.39 is 0 Å². The lowest BCUT2D eigenvalue weighted by atomic mass is 9.95. The molecule has 1 aliphatic carbocycles. The third kappa shape index (κ3) is 2.15. The molecule has 3 rings (SSSR count). The smallest absolute Gasteiger partial charge is 0.240 e. The van der Waals surface area contributed by atoms with Crippen molar-refractivity contribution in [1.82, 2.24) is 10.2 Å². The summed E-state index contributed by atoms with van der Waals surface area (Å²) in [5, 5.41) is 3.38. The van der Waals surface area contributed by atoms with E-state index in [0.717, 1.165) is 19.5 Å². The number of fused-ring (bicyclic) bond motifs is 1. The molecule has 1 unspecified atom stereocenters. The molecule has 96 valence electrons. The lowest BCUT2D eigenvalue weighted by Gasteiger charge is -2.30. The summed E-state index contributed by atoms with van der Waals surface area (Å²) < 4.78 is 0. The lowest BCUT2D eigenvalue weighted by molar-refractivity contribution is -0.134. The second-order valence-electron chi connectivity index (χ2n) is 5.26. The second-order valence-corrected chi connectivity index (χ2v) is 5.26. The maximum absolute atomic E-state index is 12.5. The molecule has 1 atom stereocenters. The molecule has 0 aromatic heterocycles. The van der Waals surface area contributed by atoms with Gasteiger partial charge in [0.25, 0.3) is 0 Å². The van der Waals surface area contributed by atoms with Gasteiger partial charge >= 0.3 is 0 Å². The number of nitrogens with one attached hydrogen (secondary N) is 1. The Kier molecular flexibility index (Phi) is 3.08. The Balaban J connectivity index is 1.73. The quantitative estimate of drug-likeness (QED) is 0.878. The average molecular weight is 244 g/mol. The molecular formula is C15H20N2O. The Morgan fingerprint density at radius 3 is 2.72 bits per heavy atom. The molecule has 0 bridgehead atoms. The fraction of sp³-hybridized carbons (Fsp3) is 0.533. The van der Waals surface area contributed by atoms with E-state index in [-0.39, 0.29) is 11.9 Å².